The molecule has 5 heteroatoms. The van der Waals surface area contributed by atoms with Gasteiger partial charge in [-0.2, -0.15) is 0 Å². The zero-order valence-electron chi connectivity index (χ0n) is 12.8. The Morgan fingerprint density at radius 2 is 2.14 bits per heavy atom. The first kappa shape index (κ1) is 15.8. The van der Waals surface area contributed by atoms with Crippen LogP contribution in [0, 0.1) is 6.92 Å². The van der Waals surface area contributed by atoms with Crippen LogP contribution in [0.15, 0.2) is 28.0 Å². The smallest absolute Gasteiger partial charge is 0.261 e. The van der Waals surface area contributed by atoms with Crippen LogP contribution in [0.1, 0.15) is 53.4 Å². The zero-order valence-corrected chi connectivity index (χ0v) is 13.6. The van der Waals surface area contributed by atoms with Gasteiger partial charge in [0.1, 0.15) is 17.1 Å². The minimum atomic E-state index is -1.22. The van der Waals surface area contributed by atoms with Gasteiger partial charge in [-0.15, -0.1) is 11.3 Å². The Labute approximate surface area is 128 Å². The lowest BCUT2D eigenvalue weighted by atomic mass is 10.0. The Kier molecular flexibility index (Phi) is 4.54. The average molecular weight is 307 g/mol. The molecule has 0 radical (unpaired) electrons. The Balaban J connectivity index is 2.05. The van der Waals surface area contributed by atoms with Crippen molar-refractivity contribution in [2.75, 3.05) is 6.54 Å². The number of rotatable bonds is 5. The van der Waals surface area contributed by atoms with Gasteiger partial charge in [0.25, 0.3) is 5.91 Å². The molecule has 0 fully saturated rings. The first-order valence-electron chi connectivity index (χ1n) is 6.96. The number of carbonyl (C=O) groups is 1. The highest BCUT2D eigenvalue weighted by Crippen LogP contribution is 2.25. The second kappa shape index (κ2) is 6.03. The van der Waals surface area contributed by atoms with E-state index in [0.717, 1.165) is 11.3 Å². The van der Waals surface area contributed by atoms with Crippen LogP contribution in [0.4, 0.5) is 0 Å². The Morgan fingerprint density at radius 3 is 2.71 bits per heavy atom. The summed E-state index contributed by atoms with van der Waals surface area (Å²) < 4.78 is 5.43. The summed E-state index contributed by atoms with van der Waals surface area (Å²) in [6.45, 7) is 7.66. The number of hydrogen-bond donors (Lipinski definition) is 2. The molecule has 0 saturated carbocycles. The molecule has 0 aliphatic heterocycles. The summed E-state index contributed by atoms with van der Waals surface area (Å²) in [4.78, 5) is 13.0. The third-order valence-corrected chi connectivity index (χ3v) is 4.32. The van der Waals surface area contributed by atoms with Crippen LogP contribution < -0.4 is 5.32 Å². The van der Waals surface area contributed by atoms with Crippen LogP contribution in [0.25, 0.3) is 0 Å². The molecular formula is C16H21NO3S. The number of furan rings is 1. The van der Waals surface area contributed by atoms with E-state index in [1.165, 1.54) is 11.3 Å². The average Bonchev–Trinajstić information content (AvgIpc) is 3.04. The molecule has 0 aliphatic rings. The van der Waals surface area contributed by atoms with E-state index >= 15 is 0 Å². The van der Waals surface area contributed by atoms with Crippen LogP contribution in [0.5, 0.6) is 0 Å². The van der Waals surface area contributed by atoms with Crippen molar-refractivity contribution >= 4 is 17.2 Å². The number of hydrogen-bond acceptors (Lipinski definition) is 4. The van der Waals surface area contributed by atoms with Crippen molar-refractivity contribution in [3.8, 4) is 0 Å². The predicted molar refractivity (Wildman–Crippen MR) is 83.8 cm³/mol. The number of thiophene rings is 1. The van der Waals surface area contributed by atoms with E-state index < -0.39 is 5.60 Å². The van der Waals surface area contributed by atoms with E-state index in [0.29, 0.717) is 16.6 Å². The molecule has 1 amide bonds. The van der Waals surface area contributed by atoms with Crippen molar-refractivity contribution < 1.29 is 14.3 Å². The number of amides is 1. The summed E-state index contributed by atoms with van der Waals surface area (Å²) in [7, 11) is 0. The van der Waals surface area contributed by atoms with E-state index in [2.05, 4.69) is 19.2 Å². The fraction of sp³-hybridized carbons (Fsp3) is 0.438. The summed E-state index contributed by atoms with van der Waals surface area (Å²) in [5.74, 6) is 1.33. The van der Waals surface area contributed by atoms with E-state index in [9.17, 15) is 9.90 Å². The van der Waals surface area contributed by atoms with Crippen molar-refractivity contribution in [1.82, 2.24) is 5.32 Å². The normalized spacial score (nSPS) is 14.2. The predicted octanol–water partition coefficient (Wildman–Crippen LogP) is 3.41. The molecule has 0 aliphatic carbocycles. The van der Waals surface area contributed by atoms with Gasteiger partial charge in [0.05, 0.1) is 11.4 Å². The molecule has 4 nitrogen and oxygen atoms in total. The molecule has 0 spiro atoms. The summed E-state index contributed by atoms with van der Waals surface area (Å²) in [5, 5.41) is 15.1. The van der Waals surface area contributed by atoms with Gasteiger partial charge >= 0.3 is 0 Å². The standard InChI is InChI=1S/C16H21NO3S/c1-10(2)12-7-8-21-14(12)15(18)17-9-16(4,19)13-6-5-11(3)20-13/h5-8,10,19H,9H2,1-4H3,(H,17,18). The Morgan fingerprint density at radius 1 is 1.43 bits per heavy atom. The molecule has 0 bridgehead atoms. The van der Waals surface area contributed by atoms with Crippen LogP contribution in [0.3, 0.4) is 0 Å². The van der Waals surface area contributed by atoms with Gasteiger partial charge in [-0.1, -0.05) is 13.8 Å². The highest BCUT2D eigenvalue weighted by molar-refractivity contribution is 7.12. The molecule has 2 heterocycles. The minimum absolute atomic E-state index is 0.105. The molecule has 0 saturated heterocycles. The number of aliphatic hydroxyl groups is 1. The number of carbonyl (C=O) groups excluding carboxylic acids is 1. The molecule has 2 aromatic rings. The fourth-order valence-electron chi connectivity index (χ4n) is 2.10. The SMILES string of the molecule is Cc1ccc(C(C)(O)CNC(=O)c2sccc2C(C)C)o1. The van der Waals surface area contributed by atoms with Crippen LogP contribution in [-0.2, 0) is 5.60 Å². The summed E-state index contributed by atoms with van der Waals surface area (Å²) in [6, 6.07) is 5.49. The second-order valence-corrected chi connectivity index (χ2v) is 6.64. The summed E-state index contributed by atoms with van der Waals surface area (Å²) >= 11 is 1.42. The van der Waals surface area contributed by atoms with Crippen molar-refractivity contribution in [2.45, 2.75) is 39.2 Å². The summed E-state index contributed by atoms with van der Waals surface area (Å²) in [5.41, 5.74) is -0.190. The lowest BCUT2D eigenvalue weighted by Crippen LogP contribution is -2.38. The fourth-order valence-corrected chi connectivity index (χ4v) is 3.07. The maximum Gasteiger partial charge on any atom is 0.261 e. The molecule has 1 unspecified atom stereocenters. The maximum atomic E-state index is 12.3. The largest absolute Gasteiger partial charge is 0.463 e. The number of aryl methyl sites for hydroxylation is 1. The molecule has 114 valence electrons. The zero-order chi connectivity index (χ0) is 15.6. The van der Waals surface area contributed by atoms with Crippen molar-refractivity contribution in [1.29, 1.82) is 0 Å². The molecule has 1 atom stereocenters. The maximum absolute atomic E-state index is 12.3. The molecule has 2 rings (SSSR count). The molecule has 2 N–H and O–H groups in total. The van der Waals surface area contributed by atoms with Crippen LogP contribution in [-0.4, -0.2) is 17.6 Å². The van der Waals surface area contributed by atoms with E-state index in [1.54, 1.807) is 19.1 Å². The van der Waals surface area contributed by atoms with Gasteiger partial charge in [-0.3, -0.25) is 4.79 Å². The molecule has 2 aromatic heterocycles. The highest BCUT2D eigenvalue weighted by atomic mass is 32.1. The molecular weight excluding hydrogens is 286 g/mol. The number of nitrogens with one attached hydrogen (secondary N) is 1. The first-order valence-corrected chi connectivity index (χ1v) is 7.84. The van der Waals surface area contributed by atoms with Gasteiger partial charge in [-0.05, 0) is 48.9 Å². The topological polar surface area (TPSA) is 62.5 Å². The quantitative estimate of drug-likeness (QED) is 0.890. The lowest BCUT2D eigenvalue weighted by Gasteiger charge is -2.21. The van der Waals surface area contributed by atoms with Gasteiger partial charge in [0.2, 0.25) is 0 Å². The Bertz CT molecular complexity index is 625. The second-order valence-electron chi connectivity index (χ2n) is 5.73. The van der Waals surface area contributed by atoms with Gasteiger partial charge in [-0.25, -0.2) is 0 Å². The third kappa shape index (κ3) is 3.54. The van der Waals surface area contributed by atoms with E-state index in [1.807, 2.05) is 18.4 Å². The van der Waals surface area contributed by atoms with Gasteiger partial charge in [0.15, 0.2) is 0 Å². The molecule has 0 aromatic carbocycles. The highest BCUT2D eigenvalue weighted by Gasteiger charge is 2.28. The first-order chi connectivity index (χ1) is 9.81. The molecule has 21 heavy (non-hydrogen) atoms. The van der Waals surface area contributed by atoms with Gasteiger partial charge < -0.3 is 14.8 Å². The Hall–Kier alpha value is -1.59. The minimum Gasteiger partial charge on any atom is -0.463 e. The van der Waals surface area contributed by atoms with Gasteiger partial charge in [0, 0.05) is 0 Å². The van der Waals surface area contributed by atoms with Crippen LogP contribution in [0.2, 0.25) is 0 Å². The van der Waals surface area contributed by atoms with Crippen LogP contribution >= 0.6 is 11.3 Å². The van der Waals surface area contributed by atoms with Crippen molar-refractivity contribution in [3.63, 3.8) is 0 Å². The monoisotopic (exact) mass is 307 g/mol. The van der Waals surface area contributed by atoms with E-state index in [-0.39, 0.29) is 12.5 Å². The summed E-state index contributed by atoms with van der Waals surface area (Å²) in [6.07, 6.45) is 0. The van der Waals surface area contributed by atoms with Crippen molar-refractivity contribution in [3.05, 3.63) is 45.5 Å². The lowest BCUT2D eigenvalue weighted by molar-refractivity contribution is 0.0324. The van der Waals surface area contributed by atoms with E-state index in [4.69, 9.17) is 4.42 Å². The van der Waals surface area contributed by atoms with Crippen molar-refractivity contribution in [2.24, 2.45) is 0 Å². The third-order valence-electron chi connectivity index (χ3n) is 3.39.